The van der Waals surface area contributed by atoms with Gasteiger partial charge in [-0.05, 0) is 25.1 Å². The maximum atomic E-state index is 12.6. The predicted octanol–water partition coefficient (Wildman–Crippen LogP) is 3.65. The van der Waals surface area contributed by atoms with Gasteiger partial charge in [-0.3, -0.25) is 0 Å². The molecule has 1 aliphatic rings. The van der Waals surface area contributed by atoms with Crippen molar-refractivity contribution in [2.24, 2.45) is 4.99 Å². The highest BCUT2D eigenvalue weighted by Crippen LogP contribution is 2.31. The average Bonchev–Trinajstić information content (AvgIpc) is 2.34. The van der Waals surface area contributed by atoms with E-state index in [-0.39, 0.29) is 0 Å². The second-order valence-corrected chi connectivity index (χ2v) is 3.46. The molecule has 2 rings (SSSR count). The number of hydrogen-bond acceptors (Lipinski definition) is 2. The van der Waals surface area contributed by atoms with E-state index in [0.717, 1.165) is 6.08 Å². The minimum Gasteiger partial charge on any atom is -0.357 e. The highest BCUT2D eigenvalue weighted by molar-refractivity contribution is 6.03. The van der Waals surface area contributed by atoms with Crippen LogP contribution in [0.5, 0.6) is 0 Å². The first-order valence-corrected chi connectivity index (χ1v) is 4.67. The maximum Gasteiger partial charge on any atom is 0.433 e. The Kier molecular flexibility index (Phi) is 2.46. The molecule has 1 aliphatic heterocycles. The first-order chi connectivity index (χ1) is 7.47. The summed E-state index contributed by atoms with van der Waals surface area (Å²) < 4.78 is 37.8. The quantitative estimate of drug-likeness (QED) is 0.717. The van der Waals surface area contributed by atoms with Gasteiger partial charge in [0.15, 0.2) is 0 Å². The zero-order chi connectivity index (χ0) is 11.8. The van der Waals surface area contributed by atoms with E-state index >= 15 is 0 Å². The van der Waals surface area contributed by atoms with Crippen molar-refractivity contribution in [2.75, 3.05) is 5.32 Å². The van der Waals surface area contributed by atoms with Gasteiger partial charge in [-0.2, -0.15) is 13.2 Å². The monoisotopic (exact) mass is 226 g/mol. The lowest BCUT2D eigenvalue weighted by atomic mass is 10.2. The van der Waals surface area contributed by atoms with Crippen LogP contribution in [0.15, 0.2) is 41.0 Å². The van der Waals surface area contributed by atoms with Crippen molar-refractivity contribution in [3.8, 4) is 0 Å². The van der Waals surface area contributed by atoms with Gasteiger partial charge in [0.1, 0.15) is 5.71 Å². The number of nitrogens with zero attached hydrogens (tertiary/aromatic N) is 1. The number of nitrogens with one attached hydrogen (secondary N) is 1. The van der Waals surface area contributed by atoms with Crippen molar-refractivity contribution in [1.29, 1.82) is 0 Å². The Bertz CT molecular complexity index is 472. The summed E-state index contributed by atoms with van der Waals surface area (Å²) in [6.07, 6.45) is -3.43. The summed E-state index contributed by atoms with van der Waals surface area (Å²) in [6.45, 7) is 1.57. The molecule has 2 nitrogen and oxygen atoms in total. The highest BCUT2D eigenvalue weighted by Gasteiger charge is 2.35. The molecule has 0 atom stereocenters. The van der Waals surface area contributed by atoms with E-state index in [1.54, 1.807) is 31.2 Å². The molecule has 1 heterocycles. The van der Waals surface area contributed by atoms with Crippen LogP contribution in [0.2, 0.25) is 0 Å². The number of allylic oxidation sites excluding steroid dienone is 2. The number of halogens is 3. The lowest BCUT2D eigenvalue weighted by molar-refractivity contribution is -0.0576. The van der Waals surface area contributed by atoms with Gasteiger partial charge >= 0.3 is 6.18 Å². The SMILES string of the molecule is CC1=CC(C(F)(F)F)=Nc2ccccc2N1. The van der Waals surface area contributed by atoms with Crippen molar-refractivity contribution >= 4 is 17.1 Å². The van der Waals surface area contributed by atoms with Crippen LogP contribution >= 0.6 is 0 Å². The van der Waals surface area contributed by atoms with Crippen LogP contribution in [0.4, 0.5) is 24.5 Å². The molecule has 5 heteroatoms. The molecule has 0 saturated carbocycles. The van der Waals surface area contributed by atoms with E-state index < -0.39 is 11.9 Å². The standard InChI is InChI=1S/C11H9F3N2/c1-7-6-10(11(12,13)14)16-9-5-3-2-4-8(9)15-7/h2-6,15H,1H3. The fraction of sp³-hybridized carbons (Fsp3) is 0.182. The van der Waals surface area contributed by atoms with Crippen LogP contribution in [0, 0.1) is 0 Å². The topological polar surface area (TPSA) is 24.4 Å². The Morgan fingerprint density at radius 3 is 2.56 bits per heavy atom. The van der Waals surface area contributed by atoms with Crippen molar-refractivity contribution in [2.45, 2.75) is 13.1 Å². The third-order valence-corrected chi connectivity index (χ3v) is 2.12. The third kappa shape index (κ3) is 2.08. The summed E-state index contributed by atoms with van der Waals surface area (Å²) in [7, 11) is 0. The number of anilines is 1. The Hall–Kier alpha value is -1.78. The van der Waals surface area contributed by atoms with Gasteiger partial charge in [0.25, 0.3) is 0 Å². The van der Waals surface area contributed by atoms with E-state index in [9.17, 15) is 13.2 Å². The molecule has 0 fully saturated rings. The van der Waals surface area contributed by atoms with E-state index in [4.69, 9.17) is 0 Å². The van der Waals surface area contributed by atoms with Gasteiger partial charge in [0.05, 0.1) is 11.4 Å². The molecule has 1 aromatic carbocycles. The first-order valence-electron chi connectivity index (χ1n) is 4.67. The summed E-state index contributed by atoms with van der Waals surface area (Å²) in [4.78, 5) is 3.61. The zero-order valence-corrected chi connectivity index (χ0v) is 8.47. The normalized spacial score (nSPS) is 15.5. The zero-order valence-electron chi connectivity index (χ0n) is 8.47. The molecular formula is C11H9F3N2. The second kappa shape index (κ2) is 3.66. The van der Waals surface area contributed by atoms with Gasteiger partial charge in [0, 0.05) is 5.70 Å². The number of alkyl halides is 3. The van der Waals surface area contributed by atoms with E-state index in [1.165, 1.54) is 0 Å². The summed E-state index contributed by atoms with van der Waals surface area (Å²) in [5, 5.41) is 2.87. The van der Waals surface area contributed by atoms with E-state index in [2.05, 4.69) is 10.3 Å². The minimum absolute atomic E-state index is 0.294. The molecule has 0 radical (unpaired) electrons. The van der Waals surface area contributed by atoms with Crippen molar-refractivity contribution in [3.05, 3.63) is 36.0 Å². The molecule has 0 aliphatic carbocycles. The molecule has 0 unspecified atom stereocenters. The Morgan fingerprint density at radius 2 is 1.88 bits per heavy atom. The molecule has 84 valence electrons. The Morgan fingerprint density at radius 1 is 1.19 bits per heavy atom. The van der Waals surface area contributed by atoms with Crippen LogP contribution in [-0.4, -0.2) is 11.9 Å². The van der Waals surface area contributed by atoms with Crippen LogP contribution in [0.3, 0.4) is 0 Å². The summed E-state index contributed by atoms with van der Waals surface area (Å²) in [5.74, 6) is 0. The van der Waals surface area contributed by atoms with Gasteiger partial charge in [0.2, 0.25) is 0 Å². The average molecular weight is 226 g/mol. The van der Waals surface area contributed by atoms with Crippen LogP contribution in [0.1, 0.15) is 6.92 Å². The number of benzene rings is 1. The van der Waals surface area contributed by atoms with Gasteiger partial charge < -0.3 is 5.32 Å². The molecule has 1 N–H and O–H groups in total. The summed E-state index contributed by atoms with van der Waals surface area (Å²) in [5.41, 5.74) is 0.405. The van der Waals surface area contributed by atoms with Crippen molar-refractivity contribution < 1.29 is 13.2 Å². The first kappa shape index (κ1) is 10.7. The smallest absolute Gasteiger partial charge is 0.357 e. The summed E-state index contributed by atoms with van der Waals surface area (Å²) in [6, 6.07) is 6.63. The largest absolute Gasteiger partial charge is 0.433 e. The molecule has 0 spiro atoms. The van der Waals surface area contributed by atoms with Gasteiger partial charge in [-0.25, -0.2) is 4.99 Å². The molecule has 16 heavy (non-hydrogen) atoms. The lowest BCUT2D eigenvalue weighted by Gasteiger charge is -2.05. The summed E-state index contributed by atoms with van der Waals surface area (Å²) >= 11 is 0. The van der Waals surface area contributed by atoms with E-state index in [1.807, 2.05) is 0 Å². The maximum absolute atomic E-state index is 12.6. The number of fused-ring (bicyclic) bond motifs is 1. The molecule has 0 bridgehead atoms. The minimum atomic E-state index is -4.43. The third-order valence-electron chi connectivity index (χ3n) is 2.12. The predicted molar refractivity (Wildman–Crippen MR) is 57.0 cm³/mol. The number of rotatable bonds is 0. The van der Waals surface area contributed by atoms with Crippen LogP contribution in [-0.2, 0) is 0 Å². The van der Waals surface area contributed by atoms with Crippen LogP contribution in [0.25, 0.3) is 0 Å². The fourth-order valence-corrected chi connectivity index (χ4v) is 1.44. The number of aliphatic imine (C=N–C) groups is 1. The van der Waals surface area contributed by atoms with Gasteiger partial charge in [-0.15, -0.1) is 0 Å². The van der Waals surface area contributed by atoms with Crippen LogP contribution < -0.4 is 5.32 Å². The lowest BCUT2D eigenvalue weighted by Crippen LogP contribution is -2.20. The fourth-order valence-electron chi connectivity index (χ4n) is 1.44. The molecule has 1 aromatic rings. The second-order valence-electron chi connectivity index (χ2n) is 3.46. The molecular weight excluding hydrogens is 217 g/mol. The number of hydrogen-bond donors (Lipinski definition) is 1. The highest BCUT2D eigenvalue weighted by atomic mass is 19.4. The Balaban J connectivity index is 2.55. The molecule has 0 aromatic heterocycles. The number of para-hydroxylation sites is 2. The van der Waals surface area contributed by atoms with Crippen molar-refractivity contribution in [3.63, 3.8) is 0 Å². The van der Waals surface area contributed by atoms with E-state index in [0.29, 0.717) is 17.1 Å². The van der Waals surface area contributed by atoms with Crippen molar-refractivity contribution in [1.82, 2.24) is 0 Å². The Labute approximate surface area is 90.5 Å². The molecule has 0 amide bonds. The van der Waals surface area contributed by atoms with Gasteiger partial charge in [-0.1, -0.05) is 12.1 Å². The molecule has 0 saturated heterocycles.